The zero-order valence-electron chi connectivity index (χ0n) is 2.73. The predicted octanol–water partition coefficient (Wildman–Crippen LogP) is 0.184. The van der Waals surface area contributed by atoms with Crippen LogP contribution in [-0.4, -0.2) is 6.61 Å². The van der Waals surface area contributed by atoms with Crippen molar-refractivity contribution < 1.29 is 9.39 Å². The zero-order valence-corrected chi connectivity index (χ0v) is 2.73. The van der Waals surface area contributed by atoms with Crippen molar-refractivity contribution in [3.63, 3.8) is 0 Å². The van der Waals surface area contributed by atoms with Crippen LogP contribution in [-0.2, 0) is 9.39 Å². The van der Waals surface area contributed by atoms with Crippen LogP contribution in [0.15, 0.2) is 0 Å². The third-order valence-corrected chi connectivity index (χ3v) is 0.161. The molecule has 0 saturated heterocycles. The van der Waals surface area contributed by atoms with Crippen molar-refractivity contribution in [1.29, 1.82) is 0 Å². The summed E-state index contributed by atoms with van der Waals surface area (Å²) in [7, 11) is 0. The summed E-state index contributed by atoms with van der Waals surface area (Å²) in [6, 6.07) is 0. The van der Waals surface area contributed by atoms with Gasteiger partial charge in [-0.1, -0.05) is 0 Å². The van der Waals surface area contributed by atoms with Crippen LogP contribution < -0.4 is 0 Å². The third-order valence-electron chi connectivity index (χ3n) is 0.161. The molecule has 0 rings (SSSR count). The van der Waals surface area contributed by atoms with Gasteiger partial charge in [0, 0.05) is 0 Å². The fraction of sp³-hybridized carbons (Fsp3) is 0.333. The van der Waals surface area contributed by atoms with Gasteiger partial charge in [0.15, 0.2) is 0 Å². The Morgan fingerprint density at radius 3 is 2.60 bits per heavy atom. The number of hydrogen-bond donors (Lipinski definition) is 0. The molecule has 0 aliphatic heterocycles. The molecule has 0 aliphatic carbocycles. The first-order valence-corrected chi connectivity index (χ1v) is 1.20. The monoisotopic (exact) mass is 72.0 g/mol. The van der Waals surface area contributed by atoms with E-state index in [-0.39, 0.29) is 6.61 Å². The van der Waals surface area contributed by atoms with Crippen LogP contribution in [0.4, 0.5) is 0 Å². The van der Waals surface area contributed by atoms with E-state index >= 15 is 0 Å². The predicted molar refractivity (Wildman–Crippen MR) is 15.9 cm³/mol. The normalized spacial score (nSPS) is 5.60. The second kappa shape index (κ2) is 3.54. The Hall–Kier alpha value is -0.460. The molecule has 0 radical (unpaired) electrons. The van der Waals surface area contributed by atoms with Crippen LogP contribution in [0.25, 0.3) is 0 Å². The molecule has 0 saturated carbocycles. The van der Waals surface area contributed by atoms with Crippen molar-refractivity contribution in [2.45, 2.75) is 0 Å². The molecule has 2 heteroatoms. The Labute approximate surface area is 30.5 Å². The van der Waals surface area contributed by atoms with Crippen molar-refractivity contribution in [1.82, 2.24) is 0 Å². The molecule has 0 atom stereocenters. The zero-order chi connectivity index (χ0) is 4.12. The van der Waals surface area contributed by atoms with Crippen molar-refractivity contribution in [3.05, 3.63) is 6.92 Å². The summed E-state index contributed by atoms with van der Waals surface area (Å²) in [6.45, 7) is 3.36. The minimum absolute atomic E-state index is 0.170. The van der Waals surface area contributed by atoms with Crippen LogP contribution in [0.2, 0.25) is 0 Å². The Bertz CT molecular complexity index is 43.3. The average Bonchev–Trinajstić information content (AvgIpc) is 1.41. The van der Waals surface area contributed by atoms with E-state index in [1.807, 2.05) is 0 Å². The van der Waals surface area contributed by atoms with E-state index < -0.39 is 0 Å². The maximum absolute atomic E-state index is 9.02. The van der Waals surface area contributed by atoms with Crippen molar-refractivity contribution in [3.8, 4) is 6.33 Å². The first-order chi connectivity index (χ1) is 2.41. The minimum atomic E-state index is 0.170. The summed E-state index contributed by atoms with van der Waals surface area (Å²) in [5.74, 6) is 0. The first kappa shape index (κ1) is 4.54. The quantitative estimate of drug-likeness (QED) is 0.321. The molecule has 5 heavy (non-hydrogen) atoms. The molecule has 0 bridgehead atoms. The molecule has 0 spiro atoms. The topological polar surface area (TPSA) is 29.1 Å². The van der Waals surface area contributed by atoms with Crippen molar-refractivity contribution in [2.24, 2.45) is 0 Å². The van der Waals surface area contributed by atoms with Crippen LogP contribution >= 0.6 is 0 Å². The summed E-state index contributed by atoms with van der Waals surface area (Å²) in [6.07, 6.45) is 1.20. The molecule has 0 aliphatic rings. The molecule has 0 aromatic rings. The van der Waals surface area contributed by atoms with Crippen molar-refractivity contribution in [2.75, 3.05) is 6.61 Å². The van der Waals surface area contributed by atoms with Crippen LogP contribution in [0.1, 0.15) is 0 Å². The average molecular weight is 72.1 g/mol. The van der Waals surface area contributed by atoms with Gasteiger partial charge in [0.25, 0.3) is 0 Å². The van der Waals surface area contributed by atoms with E-state index in [4.69, 9.17) is 4.65 Å². The maximum atomic E-state index is 9.02. The van der Waals surface area contributed by atoms with Gasteiger partial charge in [-0.05, 0) is 0 Å². The van der Waals surface area contributed by atoms with E-state index in [2.05, 4.69) is 11.7 Å². The van der Waals surface area contributed by atoms with E-state index in [9.17, 15) is 0 Å². The molecular formula is C3H4O2. The summed E-state index contributed by atoms with van der Waals surface area (Å²) in [4.78, 5) is 0. The second-order valence-electron chi connectivity index (χ2n) is 0.432. The van der Waals surface area contributed by atoms with E-state index in [0.29, 0.717) is 0 Å². The van der Waals surface area contributed by atoms with Crippen LogP contribution in [0, 0.1) is 13.3 Å². The SMILES string of the molecule is [CH2-]COC#[O+]. The van der Waals surface area contributed by atoms with Gasteiger partial charge in [0.1, 0.15) is 0 Å². The molecular weight excluding hydrogens is 68.0 g/mol. The molecule has 2 nitrogen and oxygen atoms in total. The van der Waals surface area contributed by atoms with Gasteiger partial charge in [0.2, 0.25) is 0 Å². The molecule has 0 unspecified atom stereocenters. The molecule has 0 fully saturated rings. The molecule has 0 heterocycles. The number of rotatable bonds is 1. The third kappa shape index (κ3) is 3.54. The summed E-state index contributed by atoms with van der Waals surface area (Å²) >= 11 is 0. The fourth-order valence-corrected chi connectivity index (χ4v) is 0.0417. The molecule has 28 valence electrons. The van der Waals surface area contributed by atoms with Gasteiger partial charge >= 0.3 is 29.3 Å². The van der Waals surface area contributed by atoms with Gasteiger partial charge in [0.05, 0.1) is 0 Å². The molecule has 0 aromatic heterocycles. The summed E-state index contributed by atoms with van der Waals surface area (Å²) in [5.41, 5.74) is 0. The standard InChI is InChI=1S/C3H4O2/c1-2-5-3-4/h1-2H2. The van der Waals surface area contributed by atoms with Gasteiger partial charge in [-0.2, -0.15) is 0 Å². The van der Waals surface area contributed by atoms with Crippen LogP contribution in [0.5, 0.6) is 0 Å². The van der Waals surface area contributed by atoms with E-state index in [0.717, 1.165) is 0 Å². The Morgan fingerprint density at radius 1 is 2.00 bits per heavy atom. The second-order valence-corrected chi connectivity index (χ2v) is 0.432. The summed E-state index contributed by atoms with van der Waals surface area (Å²) < 4.78 is 12.9. The number of hydrogen-bond acceptors (Lipinski definition) is 1. The van der Waals surface area contributed by atoms with Crippen molar-refractivity contribution >= 4 is 0 Å². The van der Waals surface area contributed by atoms with Crippen LogP contribution in [0.3, 0.4) is 0 Å². The van der Waals surface area contributed by atoms with Gasteiger partial charge in [-0.3, -0.25) is 0 Å². The Morgan fingerprint density at radius 2 is 2.60 bits per heavy atom. The van der Waals surface area contributed by atoms with E-state index in [1.165, 1.54) is 6.33 Å². The van der Waals surface area contributed by atoms with E-state index in [1.54, 1.807) is 0 Å². The van der Waals surface area contributed by atoms with Gasteiger partial charge < -0.3 is 0 Å². The molecule has 0 amide bonds. The van der Waals surface area contributed by atoms with Gasteiger partial charge in [-0.25, -0.2) is 0 Å². The fourth-order valence-electron chi connectivity index (χ4n) is 0.0417. The molecule has 0 N–H and O–H groups in total. The molecule has 0 aromatic carbocycles. The Balaban J connectivity index is 2.48. The first-order valence-electron chi connectivity index (χ1n) is 1.20. The van der Waals surface area contributed by atoms with Gasteiger partial charge in [-0.15, -0.1) is 0 Å². The summed E-state index contributed by atoms with van der Waals surface area (Å²) in [5, 5.41) is 0. The number of ether oxygens (including phenoxy) is 1. The Kier molecular flexibility index (Phi) is 3.21.